The first kappa shape index (κ1) is 11.7. The molecular weight excluding hydrogens is 198 g/mol. The maximum absolute atomic E-state index is 8.26. The van der Waals surface area contributed by atoms with E-state index in [-0.39, 0.29) is 0 Å². The van der Waals surface area contributed by atoms with Gasteiger partial charge in [-0.05, 0) is 37.5 Å². The van der Waals surface area contributed by atoms with Crippen molar-refractivity contribution < 1.29 is 0 Å². The first-order chi connectivity index (χ1) is 7.66. The summed E-state index contributed by atoms with van der Waals surface area (Å²) in [6.07, 6.45) is 5.03. The highest BCUT2D eigenvalue weighted by Crippen LogP contribution is 2.20. The Balaban J connectivity index is 1.83. The van der Waals surface area contributed by atoms with Crippen LogP contribution in [0.25, 0.3) is 0 Å². The normalized spacial score (nSPS) is 24.9. The van der Waals surface area contributed by atoms with Crippen LogP contribution in [0.2, 0.25) is 0 Å². The van der Waals surface area contributed by atoms with E-state index < -0.39 is 0 Å². The lowest BCUT2D eigenvalue weighted by molar-refractivity contribution is 0.211. The monoisotopic (exact) mass is 223 g/mol. The molecule has 0 atom stereocenters. The molecule has 2 aliphatic rings. The minimum atomic E-state index is 0.791. The fourth-order valence-electron chi connectivity index (χ4n) is 2.64. The predicted molar refractivity (Wildman–Crippen MR) is 67.7 cm³/mol. The summed E-state index contributed by atoms with van der Waals surface area (Å²) in [5.74, 6) is 2.50. The lowest BCUT2D eigenvalue weighted by Gasteiger charge is -2.39. The third-order valence-electron chi connectivity index (χ3n) is 4.17. The van der Waals surface area contributed by atoms with E-state index in [2.05, 4.69) is 23.6 Å². The Labute approximate surface area is 99.3 Å². The van der Waals surface area contributed by atoms with Crippen LogP contribution in [0.15, 0.2) is 0 Å². The number of nitrogens with one attached hydrogen (secondary N) is 1. The molecule has 0 bridgehead atoms. The first-order valence-corrected chi connectivity index (χ1v) is 6.75. The molecule has 3 nitrogen and oxygen atoms in total. The standard InChI is InChI=1S/C13H25N3/c1-11-3-7-15(8-4-11)13(14)16-9-5-12(2)6-10-16/h11-12,14H,3-10H2,1-2H3. The van der Waals surface area contributed by atoms with Gasteiger partial charge in [-0.1, -0.05) is 13.8 Å². The average molecular weight is 223 g/mol. The molecule has 0 amide bonds. The smallest absolute Gasteiger partial charge is 0.193 e. The molecule has 92 valence electrons. The molecule has 2 aliphatic heterocycles. The van der Waals surface area contributed by atoms with Crippen LogP contribution in [0.5, 0.6) is 0 Å². The Morgan fingerprint density at radius 1 is 0.812 bits per heavy atom. The molecule has 0 aromatic rings. The van der Waals surface area contributed by atoms with Crippen molar-refractivity contribution in [1.29, 1.82) is 5.41 Å². The Morgan fingerprint density at radius 2 is 1.12 bits per heavy atom. The van der Waals surface area contributed by atoms with Gasteiger partial charge in [0, 0.05) is 26.2 Å². The van der Waals surface area contributed by atoms with Gasteiger partial charge in [0.2, 0.25) is 0 Å². The van der Waals surface area contributed by atoms with E-state index in [1.165, 1.54) is 25.7 Å². The molecule has 2 saturated heterocycles. The Bertz CT molecular complexity index is 212. The maximum atomic E-state index is 8.26. The molecule has 2 heterocycles. The topological polar surface area (TPSA) is 30.3 Å². The van der Waals surface area contributed by atoms with Crippen LogP contribution in [0, 0.1) is 17.2 Å². The highest BCUT2D eigenvalue weighted by molar-refractivity contribution is 5.77. The minimum absolute atomic E-state index is 0.791. The van der Waals surface area contributed by atoms with Gasteiger partial charge in [0.05, 0.1) is 0 Å². The molecule has 0 spiro atoms. The zero-order valence-corrected chi connectivity index (χ0v) is 10.7. The third kappa shape index (κ3) is 2.69. The number of guanidine groups is 1. The van der Waals surface area contributed by atoms with Gasteiger partial charge in [-0.3, -0.25) is 5.41 Å². The number of piperidine rings is 2. The Kier molecular flexibility index (Phi) is 3.72. The van der Waals surface area contributed by atoms with Crippen molar-refractivity contribution in [2.24, 2.45) is 11.8 Å². The van der Waals surface area contributed by atoms with Crippen LogP contribution in [0.4, 0.5) is 0 Å². The molecule has 0 aliphatic carbocycles. The lowest BCUT2D eigenvalue weighted by Crippen LogP contribution is -2.49. The summed E-state index contributed by atoms with van der Waals surface area (Å²) < 4.78 is 0. The van der Waals surface area contributed by atoms with Crippen molar-refractivity contribution in [3.63, 3.8) is 0 Å². The van der Waals surface area contributed by atoms with Crippen LogP contribution < -0.4 is 0 Å². The van der Waals surface area contributed by atoms with Crippen molar-refractivity contribution in [1.82, 2.24) is 9.80 Å². The molecule has 2 rings (SSSR count). The van der Waals surface area contributed by atoms with E-state index in [9.17, 15) is 0 Å². The second kappa shape index (κ2) is 5.07. The van der Waals surface area contributed by atoms with Gasteiger partial charge >= 0.3 is 0 Å². The summed E-state index contributed by atoms with van der Waals surface area (Å²) >= 11 is 0. The van der Waals surface area contributed by atoms with Gasteiger partial charge in [-0.25, -0.2) is 0 Å². The largest absolute Gasteiger partial charge is 0.343 e. The van der Waals surface area contributed by atoms with E-state index in [0.717, 1.165) is 44.0 Å². The lowest BCUT2D eigenvalue weighted by atomic mass is 9.98. The molecule has 16 heavy (non-hydrogen) atoms. The molecule has 0 unspecified atom stereocenters. The summed E-state index contributed by atoms with van der Waals surface area (Å²) in [5, 5.41) is 8.26. The Morgan fingerprint density at radius 3 is 1.44 bits per heavy atom. The number of hydrogen-bond donors (Lipinski definition) is 1. The van der Waals surface area contributed by atoms with Crippen molar-refractivity contribution in [3.05, 3.63) is 0 Å². The zero-order valence-electron chi connectivity index (χ0n) is 10.7. The summed E-state index contributed by atoms with van der Waals surface area (Å²) in [5.41, 5.74) is 0. The van der Waals surface area contributed by atoms with Crippen molar-refractivity contribution in [3.8, 4) is 0 Å². The molecule has 0 aromatic carbocycles. The number of hydrogen-bond acceptors (Lipinski definition) is 1. The molecule has 3 heteroatoms. The van der Waals surface area contributed by atoms with Gasteiger partial charge in [0.15, 0.2) is 5.96 Å². The van der Waals surface area contributed by atoms with Crippen LogP contribution >= 0.6 is 0 Å². The molecule has 0 saturated carbocycles. The van der Waals surface area contributed by atoms with E-state index >= 15 is 0 Å². The van der Waals surface area contributed by atoms with Crippen molar-refractivity contribution in [2.75, 3.05) is 26.2 Å². The second-order valence-electron chi connectivity index (χ2n) is 5.66. The molecule has 0 aromatic heterocycles. The van der Waals surface area contributed by atoms with Crippen molar-refractivity contribution >= 4 is 5.96 Å². The van der Waals surface area contributed by atoms with Crippen molar-refractivity contribution in [2.45, 2.75) is 39.5 Å². The zero-order chi connectivity index (χ0) is 11.5. The molecule has 2 fully saturated rings. The van der Waals surface area contributed by atoms with E-state index in [1.807, 2.05) is 0 Å². The van der Waals surface area contributed by atoms with E-state index in [1.54, 1.807) is 0 Å². The van der Waals surface area contributed by atoms with Crippen LogP contribution in [0.1, 0.15) is 39.5 Å². The van der Waals surface area contributed by atoms with E-state index in [0.29, 0.717) is 0 Å². The van der Waals surface area contributed by atoms with Crippen LogP contribution in [0.3, 0.4) is 0 Å². The van der Waals surface area contributed by atoms with Crippen LogP contribution in [-0.4, -0.2) is 41.9 Å². The average Bonchev–Trinajstić information content (AvgIpc) is 2.30. The number of nitrogens with zero attached hydrogens (tertiary/aromatic N) is 2. The van der Waals surface area contributed by atoms with Gasteiger partial charge < -0.3 is 9.80 Å². The highest BCUT2D eigenvalue weighted by Gasteiger charge is 2.24. The maximum Gasteiger partial charge on any atom is 0.193 e. The SMILES string of the molecule is CC1CCN(C(=N)N2CCC(C)CC2)CC1. The highest BCUT2D eigenvalue weighted by atomic mass is 15.4. The summed E-state index contributed by atoms with van der Waals surface area (Å²) in [4.78, 5) is 4.55. The summed E-state index contributed by atoms with van der Waals surface area (Å²) in [7, 11) is 0. The third-order valence-corrected chi connectivity index (χ3v) is 4.17. The van der Waals surface area contributed by atoms with Crippen LogP contribution in [-0.2, 0) is 0 Å². The summed E-state index contributed by atoms with van der Waals surface area (Å²) in [6, 6.07) is 0. The predicted octanol–water partition coefficient (Wildman–Crippen LogP) is 2.38. The molecule has 1 N–H and O–H groups in total. The fourth-order valence-corrected chi connectivity index (χ4v) is 2.64. The quantitative estimate of drug-likeness (QED) is 0.505. The Hall–Kier alpha value is -0.730. The van der Waals surface area contributed by atoms with E-state index in [4.69, 9.17) is 5.41 Å². The van der Waals surface area contributed by atoms with Gasteiger partial charge in [0.1, 0.15) is 0 Å². The number of likely N-dealkylation sites (tertiary alicyclic amines) is 2. The minimum Gasteiger partial charge on any atom is -0.343 e. The van der Waals surface area contributed by atoms with Gasteiger partial charge in [-0.2, -0.15) is 0 Å². The number of rotatable bonds is 0. The molecular formula is C13H25N3. The molecule has 0 radical (unpaired) electrons. The fraction of sp³-hybridized carbons (Fsp3) is 0.923. The first-order valence-electron chi connectivity index (χ1n) is 6.75. The summed E-state index contributed by atoms with van der Waals surface area (Å²) in [6.45, 7) is 9.00. The van der Waals surface area contributed by atoms with Gasteiger partial charge in [-0.15, -0.1) is 0 Å². The second-order valence-corrected chi connectivity index (χ2v) is 5.66. The van der Waals surface area contributed by atoms with Gasteiger partial charge in [0.25, 0.3) is 0 Å².